The average molecular weight is 354 g/mol. The molecule has 2 heterocycles. The van der Waals surface area contributed by atoms with Crippen LogP contribution in [0.2, 0.25) is 5.28 Å². The summed E-state index contributed by atoms with van der Waals surface area (Å²) in [6, 6.07) is 0.0441. The molecule has 1 N–H and O–H groups in total. The van der Waals surface area contributed by atoms with E-state index in [0.29, 0.717) is 36.9 Å². The maximum absolute atomic E-state index is 12.7. The van der Waals surface area contributed by atoms with E-state index in [1.165, 1.54) is 12.8 Å². The number of anilines is 1. The third-order valence-electron chi connectivity index (χ3n) is 4.94. The molecule has 0 spiro atoms. The lowest BCUT2D eigenvalue weighted by atomic mass is 9.85. The van der Waals surface area contributed by atoms with Crippen molar-refractivity contribution in [3.63, 3.8) is 0 Å². The Kier molecular flexibility index (Phi) is 5.50. The summed E-state index contributed by atoms with van der Waals surface area (Å²) in [6.45, 7) is 2.80. The number of hydrogen-bond acceptors (Lipinski definition) is 6. The molecule has 1 saturated carbocycles. The zero-order valence-electron chi connectivity index (χ0n) is 14.2. The molecule has 0 unspecified atom stereocenters. The number of nitrogens with zero attached hydrogens (tertiary/aromatic N) is 4. The van der Waals surface area contributed by atoms with E-state index in [-0.39, 0.29) is 17.2 Å². The van der Waals surface area contributed by atoms with Crippen molar-refractivity contribution in [3.05, 3.63) is 11.1 Å². The van der Waals surface area contributed by atoms with Gasteiger partial charge in [-0.3, -0.25) is 4.79 Å². The van der Waals surface area contributed by atoms with Crippen molar-refractivity contribution in [1.29, 1.82) is 0 Å². The van der Waals surface area contributed by atoms with Crippen molar-refractivity contribution in [2.75, 3.05) is 25.2 Å². The summed E-state index contributed by atoms with van der Waals surface area (Å²) in [5.74, 6) is 1.61. The molecular formula is C16H24ClN5O2. The van der Waals surface area contributed by atoms with Crippen LogP contribution in [-0.4, -0.2) is 53.2 Å². The van der Waals surface area contributed by atoms with Gasteiger partial charge in [0.25, 0.3) is 0 Å². The fraction of sp³-hybridized carbons (Fsp3) is 0.750. The van der Waals surface area contributed by atoms with Crippen LogP contribution in [0.5, 0.6) is 0 Å². The molecule has 0 bridgehead atoms. The minimum atomic E-state index is -0.257. The molecule has 2 aliphatic rings. The molecular weight excluding hydrogens is 330 g/mol. The zero-order valence-corrected chi connectivity index (χ0v) is 14.9. The predicted octanol–water partition coefficient (Wildman–Crippen LogP) is 1.73. The van der Waals surface area contributed by atoms with Crippen molar-refractivity contribution in [3.8, 4) is 0 Å². The smallest absolute Gasteiger partial charge is 0.242 e. The number of carbonyl (C=O) groups is 1. The molecule has 1 aromatic rings. The number of amides is 1. The first kappa shape index (κ1) is 17.4. The van der Waals surface area contributed by atoms with E-state index in [4.69, 9.17) is 16.3 Å². The van der Waals surface area contributed by atoms with Gasteiger partial charge in [0.05, 0.1) is 6.61 Å². The van der Waals surface area contributed by atoms with Gasteiger partial charge < -0.3 is 15.0 Å². The molecule has 1 aliphatic heterocycles. The van der Waals surface area contributed by atoms with E-state index in [2.05, 4.69) is 25.2 Å². The van der Waals surface area contributed by atoms with Crippen LogP contribution < -0.4 is 10.2 Å². The van der Waals surface area contributed by atoms with E-state index < -0.39 is 0 Å². The summed E-state index contributed by atoms with van der Waals surface area (Å²) in [7, 11) is 1.62. The van der Waals surface area contributed by atoms with Crippen molar-refractivity contribution >= 4 is 23.5 Å². The highest BCUT2D eigenvalue weighted by atomic mass is 35.5. The number of halogens is 1. The lowest BCUT2D eigenvalue weighted by Gasteiger charge is -2.33. The third kappa shape index (κ3) is 3.62. The van der Waals surface area contributed by atoms with Gasteiger partial charge in [-0.15, -0.1) is 0 Å². The van der Waals surface area contributed by atoms with Gasteiger partial charge in [0, 0.05) is 19.7 Å². The Labute approximate surface area is 147 Å². The summed E-state index contributed by atoms with van der Waals surface area (Å²) < 4.78 is 5.01. The number of aromatic nitrogens is 3. The second kappa shape index (κ2) is 7.61. The molecule has 1 aromatic heterocycles. The largest absolute Gasteiger partial charge is 0.383 e. The number of rotatable bonds is 5. The molecule has 1 amide bonds. The Morgan fingerprint density at radius 2 is 2.12 bits per heavy atom. The van der Waals surface area contributed by atoms with Gasteiger partial charge in [-0.05, 0) is 43.7 Å². The quantitative estimate of drug-likeness (QED) is 0.812. The Balaban J connectivity index is 1.86. The van der Waals surface area contributed by atoms with E-state index >= 15 is 0 Å². The number of hydrogen-bond donors (Lipinski definition) is 1. The van der Waals surface area contributed by atoms with Gasteiger partial charge in [-0.1, -0.05) is 12.8 Å². The second-order valence-electron chi connectivity index (χ2n) is 6.51. The molecule has 1 aliphatic carbocycles. The van der Waals surface area contributed by atoms with E-state index in [1.54, 1.807) is 14.0 Å². The third-order valence-corrected chi connectivity index (χ3v) is 5.10. The van der Waals surface area contributed by atoms with Crippen LogP contribution in [0.15, 0.2) is 0 Å². The SMILES string of the molecule is COCCNC(=O)[C@@H]1C[C@@H]2CCCC[C@@H]2N1c1nc(C)nc(Cl)n1. The molecule has 24 heavy (non-hydrogen) atoms. The van der Waals surface area contributed by atoms with Crippen molar-refractivity contribution in [1.82, 2.24) is 20.3 Å². The first-order chi connectivity index (χ1) is 11.6. The summed E-state index contributed by atoms with van der Waals surface area (Å²) in [6.07, 6.45) is 5.46. The van der Waals surface area contributed by atoms with E-state index in [1.807, 2.05) is 0 Å². The molecule has 0 radical (unpaired) electrons. The molecule has 3 rings (SSSR count). The molecule has 0 aromatic carbocycles. The highest BCUT2D eigenvalue weighted by molar-refractivity contribution is 6.28. The molecule has 1 saturated heterocycles. The Morgan fingerprint density at radius 1 is 1.33 bits per heavy atom. The highest BCUT2D eigenvalue weighted by Gasteiger charge is 2.46. The molecule has 2 fully saturated rings. The molecule has 7 nitrogen and oxygen atoms in total. The minimum absolute atomic E-state index is 0.00985. The zero-order chi connectivity index (χ0) is 17.1. The maximum Gasteiger partial charge on any atom is 0.242 e. The van der Waals surface area contributed by atoms with Crippen LogP contribution in [0.25, 0.3) is 0 Å². The normalized spacial score (nSPS) is 26.3. The van der Waals surface area contributed by atoms with Gasteiger partial charge in [-0.25, -0.2) is 4.98 Å². The first-order valence-electron chi connectivity index (χ1n) is 8.53. The van der Waals surface area contributed by atoms with E-state index in [0.717, 1.165) is 19.3 Å². The van der Waals surface area contributed by atoms with Crippen LogP contribution in [-0.2, 0) is 9.53 Å². The number of aryl methyl sites for hydroxylation is 1. The Morgan fingerprint density at radius 3 is 2.88 bits per heavy atom. The minimum Gasteiger partial charge on any atom is -0.383 e. The number of methoxy groups -OCH3 is 1. The Hall–Kier alpha value is -1.47. The van der Waals surface area contributed by atoms with Gasteiger partial charge in [0.1, 0.15) is 11.9 Å². The number of nitrogens with one attached hydrogen (secondary N) is 1. The molecule has 8 heteroatoms. The molecule has 3 atom stereocenters. The van der Waals surface area contributed by atoms with Gasteiger partial charge in [0.2, 0.25) is 17.1 Å². The van der Waals surface area contributed by atoms with Crippen LogP contribution in [0.3, 0.4) is 0 Å². The van der Waals surface area contributed by atoms with Crippen molar-refractivity contribution in [2.24, 2.45) is 5.92 Å². The fourth-order valence-corrected chi connectivity index (χ4v) is 4.12. The fourth-order valence-electron chi connectivity index (χ4n) is 3.93. The van der Waals surface area contributed by atoms with Gasteiger partial charge in [-0.2, -0.15) is 9.97 Å². The van der Waals surface area contributed by atoms with Crippen molar-refractivity contribution in [2.45, 2.75) is 51.1 Å². The topological polar surface area (TPSA) is 80.2 Å². The predicted molar refractivity (Wildman–Crippen MR) is 91.1 cm³/mol. The highest BCUT2D eigenvalue weighted by Crippen LogP contribution is 2.41. The van der Waals surface area contributed by atoms with E-state index in [9.17, 15) is 4.79 Å². The molecule has 132 valence electrons. The number of ether oxygens (including phenoxy) is 1. The lowest BCUT2D eigenvalue weighted by molar-refractivity contribution is -0.122. The van der Waals surface area contributed by atoms with Crippen LogP contribution in [0.4, 0.5) is 5.95 Å². The first-order valence-corrected chi connectivity index (χ1v) is 8.91. The van der Waals surface area contributed by atoms with Gasteiger partial charge >= 0.3 is 0 Å². The maximum atomic E-state index is 12.7. The summed E-state index contributed by atoms with van der Waals surface area (Å²) in [4.78, 5) is 27.6. The summed E-state index contributed by atoms with van der Waals surface area (Å²) >= 11 is 6.03. The van der Waals surface area contributed by atoms with Crippen molar-refractivity contribution < 1.29 is 9.53 Å². The average Bonchev–Trinajstić information content (AvgIpc) is 2.93. The monoisotopic (exact) mass is 353 g/mol. The standard InChI is InChI=1S/C16H24ClN5O2/c1-10-19-15(17)21-16(20-10)22-12-6-4-3-5-11(12)9-13(22)14(23)18-7-8-24-2/h11-13H,3-9H2,1-2H3,(H,18,23)/t11-,12-,13-/m0/s1. The van der Waals surface area contributed by atoms with Crippen LogP contribution in [0.1, 0.15) is 37.9 Å². The van der Waals surface area contributed by atoms with Gasteiger partial charge in [0.15, 0.2) is 0 Å². The summed E-state index contributed by atoms with van der Waals surface area (Å²) in [5.41, 5.74) is 0. The number of fused-ring (bicyclic) bond motifs is 1. The lowest BCUT2D eigenvalue weighted by Crippen LogP contribution is -2.48. The van der Waals surface area contributed by atoms with Crippen LogP contribution >= 0.6 is 11.6 Å². The van der Waals surface area contributed by atoms with Crippen LogP contribution in [0, 0.1) is 12.8 Å². The Bertz CT molecular complexity index is 580. The summed E-state index contributed by atoms with van der Waals surface area (Å²) in [5, 5.41) is 3.13. The number of carbonyl (C=O) groups excluding carboxylic acids is 1. The second-order valence-corrected chi connectivity index (χ2v) is 6.84.